The second kappa shape index (κ2) is 5.05. The molecule has 0 atom stereocenters. The second-order valence-corrected chi connectivity index (χ2v) is 4.98. The minimum atomic E-state index is -0.398. The molecule has 0 unspecified atom stereocenters. The van der Waals surface area contributed by atoms with E-state index < -0.39 is 5.97 Å². The maximum absolute atomic E-state index is 11.5. The van der Waals surface area contributed by atoms with Gasteiger partial charge in [0.1, 0.15) is 0 Å². The molecule has 0 saturated carbocycles. The van der Waals surface area contributed by atoms with Crippen LogP contribution in [0.15, 0.2) is 47.1 Å². The molecule has 0 spiro atoms. The van der Waals surface area contributed by atoms with Crippen LogP contribution in [0.5, 0.6) is 0 Å². The summed E-state index contributed by atoms with van der Waals surface area (Å²) in [6, 6.07) is 11.1. The molecule has 0 fully saturated rings. The highest BCUT2D eigenvalue weighted by molar-refractivity contribution is 9.10. The van der Waals surface area contributed by atoms with Gasteiger partial charge in [-0.2, -0.15) is 0 Å². The van der Waals surface area contributed by atoms with Gasteiger partial charge in [0.05, 0.1) is 12.7 Å². The van der Waals surface area contributed by atoms with E-state index in [0.717, 1.165) is 10.0 Å². The van der Waals surface area contributed by atoms with E-state index in [-0.39, 0.29) is 0 Å². The van der Waals surface area contributed by atoms with Crippen LogP contribution in [-0.4, -0.2) is 27.7 Å². The largest absolute Gasteiger partial charge is 0.465 e. The Balaban J connectivity index is 2.12. The minimum Gasteiger partial charge on any atom is -0.465 e. The van der Waals surface area contributed by atoms with Gasteiger partial charge in [0.25, 0.3) is 0 Å². The van der Waals surface area contributed by atoms with Gasteiger partial charge in [-0.25, -0.2) is 14.3 Å². The zero-order valence-corrected chi connectivity index (χ0v) is 12.2. The molecule has 0 aliphatic heterocycles. The zero-order valence-electron chi connectivity index (χ0n) is 10.6. The predicted octanol–water partition coefficient (Wildman–Crippen LogP) is 2.95. The molecule has 0 bridgehead atoms. The zero-order chi connectivity index (χ0) is 14.1. The topological polar surface area (TPSA) is 56.5 Å². The van der Waals surface area contributed by atoms with Crippen LogP contribution in [0.25, 0.3) is 17.0 Å². The van der Waals surface area contributed by atoms with Crippen LogP contribution in [0.3, 0.4) is 0 Å². The molecule has 2 heterocycles. The number of rotatable bonds is 2. The van der Waals surface area contributed by atoms with Crippen molar-refractivity contribution in [3.8, 4) is 11.4 Å². The number of hydrogen-bond acceptors (Lipinski definition) is 4. The Morgan fingerprint density at radius 1 is 1.25 bits per heavy atom. The number of aromatic nitrogens is 3. The van der Waals surface area contributed by atoms with E-state index in [4.69, 9.17) is 0 Å². The van der Waals surface area contributed by atoms with Crippen LogP contribution >= 0.6 is 15.9 Å². The van der Waals surface area contributed by atoms with Crippen LogP contribution < -0.4 is 0 Å². The Hall–Kier alpha value is -2.21. The van der Waals surface area contributed by atoms with E-state index in [1.54, 1.807) is 22.8 Å². The number of carbonyl (C=O) groups excluding carboxylic acids is 1. The fraction of sp³-hybridized carbons (Fsp3) is 0.0714. The van der Waals surface area contributed by atoms with Crippen molar-refractivity contribution in [3.63, 3.8) is 0 Å². The van der Waals surface area contributed by atoms with Crippen LogP contribution in [0.1, 0.15) is 10.4 Å². The molecule has 3 aromatic rings. The van der Waals surface area contributed by atoms with Crippen molar-refractivity contribution < 1.29 is 9.53 Å². The van der Waals surface area contributed by atoms with Crippen LogP contribution in [0, 0.1) is 0 Å². The number of halogens is 1. The summed E-state index contributed by atoms with van der Waals surface area (Å²) in [5.74, 6) is 0.198. The van der Waals surface area contributed by atoms with E-state index in [2.05, 4.69) is 30.7 Å². The van der Waals surface area contributed by atoms with Crippen molar-refractivity contribution in [2.45, 2.75) is 0 Å². The first-order valence-corrected chi connectivity index (χ1v) is 6.68. The van der Waals surface area contributed by atoms with E-state index in [0.29, 0.717) is 17.0 Å². The molecule has 0 aliphatic carbocycles. The fourth-order valence-corrected chi connectivity index (χ4v) is 2.34. The third-order valence-electron chi connectivity index (χ3n) is 2.87. The molecular formula is C14H10BrN3O2. The van der Waals surface area contributed by atoms with Crippen LogP contribution in [-0.2, 0) is 4.74 Å². The lowest BCUT2D eigenvalue weighted by Gasteiger charge is -1.98. The number of esters is 1. The summed E-state index contributed by atoms with van der Waals surface area (Å²) < 4.78 is 7.18. The summed E-state index contributed by atoms with van der Waals surface area (Å²) in [4.78, 5) is 15.9. The van der Waals surface area contributed by atoms with E-state index in [1.165, 1.54) is 7.11 Å². The molecule has 3 rings (SSSR count). The summed E-state index contributed by atoms with van der Waals surface area (Å²) in [5.41, 5.74) is 2.00. The first kappa shape index (κ1) is 12.8. The Morgan fingerprint density at radius 3 is 2.80 bits per heavy atom. The van der Waals surface area contributed by atoms with Gasteiger partial charge in [-0.05, 0) is 24.3 Å². The van der Waals surface area contributed by atoms with Crippen molar-refractivity contribution >= 4 is 27.5 Å². The average molecular weight is 332 g/mol. The van der Waals surface area contributed by atoms with Crippen molar-refractivity contribution in [2.75, 3.05) is 7.11 Å². The molecule has 100 valence electrons. The molecule has 0 saturated heterocycles. The third-order valence-corrected chi connectivity index (χ3v) is 3.56. The van der Waals surface area contributed by atoms with Crippen LogP contribution in [0.4, 0.5) is 0 Å². The van der Waals surface area contributed by atoms with Crippen molar-refractivity contribution in [1.29, 1.82) is 0 Å². The van der Waals surface area contributed by atoms with Gasteiger partial charge in [0, 0.05) is 16.2 Å². The number of nitrogens with zero attached hydrogens (tertiary/aromatic N) is 3. The number of hydrogen-bond donors (Lipinski definition) is 0. The third kappa shape index (κ3) is 2.18. The van der Waals surface area contributed by atoms with Gasteiger partial charge in [0.15, 0.2) is 11.5 Å². The van der Waals surface area contributed by atoms with Crippen LogP contribution in [0.2, 0.25) is 0 Å². The quantitative estimate of drug-likeness (QED) is 0.677. The Morgan fingerprint density at radius 2 is 2.05 bits per heavy atom. The number of ether oxygens (including phenoxy) is 1. The number of pyridine rings is 1. The molecule has 20 heavy (non-hydrogen) atoms. The van der Waals surface area contributed by atoms with E-state index >= 15 is 0 Å². The van der Waals surface area contributed by atoms with Gasteiger partial charge in [0.2, 0.25) is 0 Å². The SMILES string of the molecule is COC(=O)c1ccc2nc(-c3ccccc3Br)nn2c1. The highest BCUT2D eigenvalue weighted by Gasteiger charge is 2.11. The Labute approximate surface area is 123 Å². The number of fused-ring (bicyclic) bond motifs is 1. The molecule has 0 N–H and O–H groups in total. The monoisotopic (exact) mass is 331 g/mol. The summed E-state index contributed by atoms with van der Waals surface area (Å²) >= 11 is 3.48. The highest BCUT2D eigenvalue weighted by atomic mass is 79.9. The smallest absolute Gasteiger partial charge is 0.339 e. The maximum atomic E-state index is 11.5. The Kier molecular flexibility index (Phi) is 3.23. The summed E-state index contributed by atoms with van der Waals surface area (Å²) in [6.07, 6.45) is 1.61. The molecule has 1 aromatic carbocycles. The van der Waals surface area contributed by atoms with Gasteiger partial charge in [-0.1, -0.05) is 28.1 Å². The molecule has 0 amide bonds. The molecular weight excluding hydrogens is 322 g/mol. The molecule has 0 aliphatic rings. The first-order valence-electron chi connectivity index (χ1n) is 5.88. The average Bonchev–Trinajstić information content (AvgIpc) is 2.89. The molecule has 2 aromatic heterocycles. The predicted molar refractivity (Wildman–Crippen MR) is 77.5 cm³/mol. The Bertz CT molecular complexity index is 798. The lowest BCUT2D eigenvalue weighted by molar-refractivity contribution is 0.0600. The maximum Gasteiger partial charge on any atom is 0.339 e. The van der Waals surface area contributed by atoms with Crippen molar-refractivity contribution in [1.82, 2.24) is 14.6 Å². The van der Waals surface area contributed by atoms with Gasteiger partial charge < -0.3 is 4.74 Å². The minimum absolute atomic E-state index is 0.398. The van der Waals surface area contributed by atoms with Crippen molar-refractivity contribution in [2.24, 2.45) is 0 Å². The standard InChI is InChI=1S/C14H10BrN3O2/c1-20-14(19)9-6-7-12-16-13(17-18(12)8-9)10-4-2-3-5-11(10)15/h2-8H,1H3. The lowest BCUT2D eigenvalue weighted by atomic mass is 10.2. The second-order valence-electron chi connectivity index (χ2n) is 4.13. The van der Waals surface area contributed by atoms with Gasteiger partial charge >= 0.3 is 5.97 Å². The van der Waals surface area contributed by atoms with E-state index in [9.17, 15) is 4.79 Å². The number of carbonyl (C=O) groups is 1. The first-order chi connectivity index (χ1) is 9.69. The summed E-state index contributed by atoms with van der Waals surface area (Å²) in [6.45, 7) is 0. The summed E-state index contributed by atoms with van der Waals surface area (Å²) in [5, 5.41) is 4.39. The lowest BCUT2D eigenvalue weighted by Crippen LogP contribution is -2.03. The molecule has 6 heteroatoms. The summed E-state index contributed by atoms with van der Waals surface area (Å²) in [7, 11) is 1.35. The van der Waals surface area contributed by atoms with Crippen molar-refractivity contribution in [3.05, 3.63) is 52.6 Å². The number of benzene rings is 1. The van der Waals surface area contributed by atoms with Gasteiger partial charge in [-0.3, -0.25) is 0 Å². The van der Waals surface area contributed by atoms with E-state index in [1.807, 2.05) is 24.3 Å². The van der Waals surface area contributed by atoms with Gasteiger partial charge in [-0.15, -0.1) is 5.10 Å². The highest BCUT2D eigenvalue weighted by Crippen LogP contribution is 2.25. The normalized spacial score (nSPS) is 10.7. The number of methoxy groups -OCH3 is 1. The molecule has 5 nitrogen and oxygen atoms in total. The molecule has 0 radical (unpaired) electrons. The fourth-order valence-electron chi connectivity index (χ4n) is 1.88.